The Labute approximate surface area is 125 Å². The maximum absolute atomic E-state index is 9.97. The molecule has 0 bridgehead atoms. The highest BCUT2D eigenvalue weighted by Crippen LogP contribution is 2.37. The molecule has 0 aromatic heterocycles. The second-order valence-electron chi connectivity index (χ2n) is 5.77. The molecule has 0 amide bonds. The molecule has 1 aromatic carbocycles. The minimum absolute atomic E-state index is 0.237. The Hall–Kier alpha value is -1.46. The summed E-state index contributed by atoms with van der Waals surface area (Å²) in [5.74, 6) is 1.61. The summed E-state index contributed by atoms with van der Waals surface area (Å²) in [6, 6.07) is 3.49. The predicted molar refractivity (Wildman–Crippen MR) is 80.8 cm³/mol. The van der Waals surface area contributed by atoms with Crippen molar-refractivity contribution in [3.05, 3.63) is 17.7 Å². The number of rotatable bonds is 5. The van der Waals surface area contributed by atoms with E-state index < -0.39 is 0 Å². The van der Waals surface area contributed by atoms with Crippen molar-refractivity contribution in [2.75, 3.05) is 33.0 Å². The van der Waals surface area contributed by atoms with Crippen LogP contribution in [0.4, 0.5) is 0 Å². The van der Waals surface area contributed by atoms with Crippen LogP contribution in [-0.2, 0) is 6.54 Å². The Morgan fingerprint density at radius 2 is 1.76 bits per heavy atom. The Bertz CT molecular complexity index is 471. The third-order valence-electron chi connectivity index (χ3n) is 4.19. The van der Waals surface area contributed by atoms with E-state index >= 15 is 0 Å². The topological polar surface area (TPSA) is 54.0 Å². The van der Waals surface area contributed by atoms with Crippen LogP contribution in [0.15, 0.2) is 12.1 Å². The molecule has 21 heavy (non-hydrogen) atoms. The second-order valence-corrected chi connectivity index (χ2v) is 5.77. The van der Waals surface area contributed by atoms with Crippen LogP contribution in [0, 0.1) is 0 Å². The molecule has 0 radical (unpaired) electrons. The fourth-order valence-corrected chi connectivity index (χ4v) is 2.93. The lowest BCUT2D eigenvalue weighted by Gasteiger charge is -2.19. The van der Waals surface area contributed by atoms with E-state index in [0.717, 1.165) is 24.4 Å². The maximum Gasteiger partial charge on any atom is 0.231 e. The van der Waals surface area contributed by atoms with Gasteiger partial charge in [-0.25, -0.2) is 0 Å². The van der Waals surface area contributed by atoms with E-state index in [1.54, 1.807) is 6.07 Å². The second kappa shape index (κ2) is 7.00. The number of likely N-dealkylation sites (tertiary alicyclic amines) is 1. The number of hydrogen-bond acceptors (Lipinski definition) is 5. The number of nitrogens with zero attached hydrogens (tertiary/aromatic N) is 1. The molecule has 0 unspecified atom stereocenters. The molecule has 1 aromatic rings. The largest absolute Gasteiger partial charge is 0.507 e. The quantitative estimate of drug-likeness (QED) is 0.814. The van der Waals surface area contributed by atoms with Gasteiger partial charge in [0.15, 0.2) is 11.5 Å². The number of benzene rings is 1. The van der Waals surface area contributed by atoms with Crippen molar-refractivity contribution in [3.8, 4) is 17.2 Å². The van der Waals surface area contributed by atoms with Gasteiger partial charge in [0.05, 0.1) is 0 Å². The average molecular weight is 292 g/mol. The molecule has 1 fully saturated rings. The zero-order chi connectivity index (χ0) is 14.5. The first-order valence-electron chi connectivity index (χ1n) is 7.87. The number of aromatic hydroxyl groups is 1. The molecule has 0 saturated carbocycles. The summed E-state index contributed by atoms with van der Waals surface area (Å²) in [5.41, 5.74) is 0.857. The normalized spacial score (nSPS) is 18.7. The average Bonchev–Trinajstić information content (AvgIpc) is 2.77. The summed E-state index contributed by atoms with van der Waals surface area (Å²) in [5, 5.41) is 13.4. The molecule has 116 valence electrons. The van der Waals surface area contributed by atoms with Crippen molar-refractivity contribution in [2.45, 2.75) is 32.2 Å². The molecule has 2 heterocycles. The highest BCUT2D eigenvalue weighted by atomic mass is 16.7. The van der Waals surface area contributed by atoms with E-state index in [-0.39, 0.29) is 12.5 Å². The van der Waals surface area contributed by atoms with Crippen LogP contribution in [0.5, 0.6) is 17.2 Å². The first kappa shape index (κ1) is 14.5. The third kappa shape index (κ3) is 3.80. The third-order valence-corrected chi connectivity index (χ3v) is 4.19. The van der Waals surface area contributed by atoms with Gasteiger partial charge in [-0.05, 0) is 32.0 Å². The Morgan fingerprint density at radius 3 is 2.52 bits per heavy atom. The Balaban J connectivity index is 1.45. The van der Waals surface area contributed by atoms with E-state index in [2.05, 4.69) is 10.2 Å². The van der Waals surface area contributed by atoms with Crippen LogP contribution in [0.3, 0.4) is 0 Å². The molecule has 2 N–H and O–H groups in total. The van der Waals surface area contributed by atoms with Crippen LogP contribution in [-0.4, -0.2) is 43.0 Å². The lowest BCUT2D eigenvalue weighted by atomic mass is 10.1. The number of phenolic OH excluding ortho intramolecular Hbond substituents is 1. The summed E-state index contributed by atoms with van der Waals surface area (Å²) >= 11 is 0. The standard InChI is InChI=1S/C16H24N2O3/c19-14-10-16-15(20-12-21-16)9-13(14)11-17-5-8-18-6-3-1-2-4-7-18/h9-10,17,19H,1-8,11-12H2. The van der Waals surface area contributed by atoms with Crippen molar-refractivity contribution in [1.82, 2.24) is 10.2 Å². The number of hydrogen-bond donors (Lipinski definition) is 2. The molecule has 1 saturated heterocycles. The van der Waals surface area contributed by atoms with E-state index in [4.69, 9.17) is 9.47 Å². The molecule has 5 nitrogen and oxygen atoms in total. The fraction of sp³-hybridized carbons (Fsp3) is 0.625. The smallest absolute Gasteiger partial charge is 0.231 e. The summed E-state index contributed by atoms with van der Waals surface area (Å²) in [6.07, 6.45) is 5.38. The monoisotopic (exact) mass is 292 g/mol. The van der Waals surface area contributed by atoms with Crippen molar-refractivity contribution >= 4 is 0 Å². The molecule has 0 spiro atoms. The van der Waals surface area contributed by atoms with Gasteiger partial charge in [-0.15, -0.1) is 0 Å². The highest BCUT2D eigenvalue weighted by Gasteiger charge is 2.16. The zero-order valence-electron chi connectivity index (χ0n) is 12.4. The summed E-state index contributed by atoms with van der Waals surface area (Å²) in [6.45, 7) is 5.34. The van der Waals surface area contributed by atoms with Gasteiger partial charge in [-0.1, -0.05) is 12.8 Å². The molecule has 0 aliphatic carbocycles. The number of ether oxygens (including phenoxy) is 2. The van der Waals surface area contributed by atoms with Crippen LogP contribution in [0.1, 0.15) is 31.2 Å². The van der Waals surface area contributed by atoms with Crippen molar-refractivity contribution in [3.63, 3.8) is 0 Å². The van der Waals surface area contributed by atoms with Gasteiger partial charge in [0.25, 0.3) is 0 Å². The molecule has 5 heteroatoms. The van der Waals surface area contributed by atoms with Crippen molar-refractivity contribution in [2.24, 2.45) is 0 Å². The van der Waals surface area contributed by atoms with Gasteiger partial charge in [0.1, 0.15) is 5.75 Å². The van der Waals surface area contributed by atoms with Gasteiger partial charge in [-0.3, -0.25) is 0 Å². The van der Waals surface area contributed by atoms with Crippen LogP contribution in [0.25, 0.3) is 0 Å². The maximum atomic E-state index is 9.97. The van der Waals surface area contributed by atoms with Gasteiger partial charge in [0, 0.05) is 31.3 Å². The molecule has 2 aliphatic heterocycles. The van der Waals surface area contributed by atoms with Crippen molar-refractivity contribution in [1.29, 1.82) is 0 Å². The molecular formula is C16H24N2O3. The predicted octanol–water partition coefficient (Wildman–Crippen LogP) is 2.09. The molecule has 2 aliphatic rings. The minimum Gasteiger partial charge on any atom is -0.507 e. The van der Waals surface area contributed by atoms with Crippen LogP contribution < -0.4 is 14.8 Å². The van der Waals surface area contributed by atoms with Gasteiger partial charge in [0.2, 0.25) is 6.79 Å². The van der Waals surface area contributed by atoms with Gasteiger partial charge in [-0.2, -0.15) is 0 Å². The number of phenols is 1. The summed E-state index contributed by atoms with van der Waals surface area (Å²) in [7, 11) is 0. The minimum atomic E-state index is 0.237. The van der Waals surface area contributed by atoms with E-state index in [1.165, 1.54) is 38.8 Å². The first-order valence-corrected chi connectivity index (χ1v) is 7.87. The van der Waals surface area contributed by atoms with E-state index in [9.17, 15) is 5.11 Å². The lowest BCUT2D eigenvalue weighted by Crippen LogP contribution is -2.32. The fourth-order valence-electron chi connectivity index (χ4n) is 2.93. The lowest BCUT2D eigenvalue weighted by molar-refractivity contribution is 0.174. The van der Waals surface area contributed by atoms with Gasteiger partial charge >= 0.3 is 0 Å². The van der Waals surface area contributed by atoms with Crippen LogP contribution in [0.2, 0.25) is 0 Å². The molecular weight excluding hydrogens is 268 g/mol. The van der Waals surface area contributed by atoms with E-state index in [1.807, 2.05) is 6.07 Å². The Kier molecular flexibility index (Phi) is 4.83. The zero-order valence-corrected chi connectivity index (χ0v) is 12.4. The Morgan fingerprint density at radius 1 is 1.05 bits per heavy atom. The van der Waals surface area contributed by atoms with Crippen molar-refractivity contribution < 1.29 is 14.6 Å². The number of fused-ring (bicyclic) bond motifs is 1. The van der Waals surface area contributed by atoms with E-state index in [0.29, 0.717) is 12.3 Å². The SMILES string of the molecule is Oc1cc2c(cc1CNCCN1CCCCCC1)OCO2. The molecule has 3 rings (SSSR count). The summed E-state index contributed by atoms with van der Waals surface area (Å²) < 4.78 is 10.6. The first-order chi connectivity index (χ1) is 10.3. The van der Waals surface area contributed by atoms with Gasteiger partial charge < -0.3 is 24.8 Å². The summed E-state index contributed by atoms with van der Waals surface area (Å²) in [4.78, 5) is 2.53. The van der Waals surface area contributed by atoms with Crippen LogP contribution >= 0.6 is 0 Å². The molecule has 0 atom stereocenters. The number of nitrogens with one attached hydrogen (secondary N) is 1. The highest BCUT2D eigenvalue weighted by molar-refractivity contribution is 5.51.